The van der Waals surface area contributed by atoms with Gasteiger partial charge in [-0.2, -0.15) is 0 Å². The normalized spacial score (nSPS) is 12.1. The second-order valence-corrected chi connectivity index (χ2v) is 5.23. The number of anilines is 1. The molecule has 1 aromatic carbocycles. The molecule has 0 aliphatic heterocycles. The van der Waals surface area contributed by atoms with Gasteiger partial charge in [-0.1, -0.05) is 18.2 Å². The topological polar surface area (TPSA) is 55.1 Å². The first-order chi connectivity index (χ1) is 8.59. The molecule has 2 aromatic rings. The second-order valence-electron chi connectivity index (χ2n) is 4.25. The molecule has 0 bridgehead atoms. The maximum atomic E-state index is 12.2. The van der Waals surface area contributed by atoms with E-state index < -0.39 is 0 Å². The molecule has 1 unspecified atom stereocenters. The van der Waals surface area contributed by atoms with Gasteiger partial charge < -0.3 is 11.1 Å². The lowest BCUT2D eigenvalue weighted by molar-refractivity contribution is 0.0941. The van der Waals surface area contributed by atoms with E-state index >= 15 is 0 Å². The zero-order valence-electron chi connectivity index (χ0n) is 10.4. The molecule has 0 saturated carbocycles. The minimum atomic E-state index is -0.119. The van der Waals surface area contributed by atoms with E-state index in [9.17, 15) is 4.79 Å². The number of nitrogens with one attached hydrogen (secondary N) is 1. The van der Waals surface area contributed by atoms with Gasteiger partial charge in [0.15, 0.2) is 0 Å². The van der Waals surface area contributed by atoms with E-state index in [0.29, 0.717) is 11.3 Å². The fraction of sp³-hybridized carbons (Fsp3) is 0.214. The monoisotopic (exact) mass is 260 g/mol. The predicted molar refractivity (Wildman–Crippen MR) is 75.8 cm³/mol. The molecule has 2 rings (SSSR count). The first-order valence-corrected chi connectivity index (χ1v) is 6.67. The van der Waals surface area contributed by atoms with Crippen molar-refractivity contribution in [3.8, 4) is 0 Å². The van der Waals surface area contributed by atoms with E-state index in [4.69, 9.17) is 5.73 Å². The maximum absolute atomic E-state index is 12.2. The Balaban J connectivity index is 2.18. The van der Waals surface area contributed by atoms with Gasteiger partial charge in [-0.05, 0) is 36.9 Å². The van der Waals surface area contributed by atoms with Gasteiger partial charge in [0.05, 0.1) is 11.6 Å². The van der Waals surface area contributed by atoms with Crippen molar-refractivity contribution in [2.45, 2.75) is 19.9 Å². The third-order valence-electron chi connectivity index (χ3n) is 2.85. The van der Waals surface area contributed by atoms with E-state index in [2.05, 4.69) is 5.32 Å². The van der Waals surface area contributed by atoms with Crippen LogP contribution in [0.2, 0.25) is 0 Å². The van der Waals surface area contributed by atoms with E-state index in [1.165, 1.54) is 0 Å². The summed E-state index contributed by atoms with van der Waals surface area (Å²) >= 11 is 1.63. The summed E-state index contributed by atoms with van der Waals surface area (Å²) < 4.78 is 0. The highest BCUT2D eigenvalue weighted by molar-refractivity contribution is 7.10. The Kier molecular flexibility index (Phi) is 3.67. The van der Waals surface area contributed by atoms with Crippen molar-refractivity contribution in [1.82, 2.24) is 5.32 Å². The number of benzene rings is 1. The maximum Gasteiger partial charge on any atom is 0.254 e. The number of hydrogen-bond acceptors (Lipinski definition) is 3. The van der Waals surface area contributed by atoms with Crippen molar-refractivity contribution in [1.29, 1.82) is 0 Å². The smallest absolute Gasteiger partial charge is 0.254 e. The third kappa shape index (κ3) is 2.54. The standard InChI is InChI=1S/C14H16N2OS/c1-9-5-3-6-11(15)13(9)14(17)16-10(2)12-7-4-8-18-12/h3-8,10H,15H2,1-2H3,(H,16,17). The lowest BCUT2D eigenvalue weighted by Gasteiger charge is -2.14. The van der Waals surface area contributed by atoms with Gasteiger partial charge in [-0.15, -0.1) is 11.3 Å². The van der Waals surface area contributed by atoms with Crippen molar-refractivity contribution in [2.75, 3.05) is 5.73 Å². The minimum absolute atomic E-state index is 0.00324. The number of carbonyl (C=O) groups is 1. The van der Waals surface area contributed by atoms with E-state index in [1.54, 1.807) is 17.4 Å². The van der Waals surface area contributed by atoms with Crippen LogP contribution in [0.25, 0.3) is 0 Å². The van der Waals surface area contributed by atoms with Crippen LogP contribution >= 0.6 is 11.3 Å². The van der Waals surface area contributed by atoms with E-state index in [0.717, 1.165) is 10.4 Å². The third-order valence-corrected chi connectivity index (χ3v) is 3.90. The number of carbonyl (C=O) groups excluding carboxylic acids is 1. The molecular formula is C14H16N2OS. The van der Waals surface area contributed by atoms with Crippen LogP contribution in [0, 0.1) is 6.92 Å². The SMILES string of the molecule is Cc1cccc(N)c1C(=O)NC(C)c1cccs1. The van der Waals surface area contributed by atoms with Crippen LogP contribution in [0.3, 0.4) is 0 Å². The van der Waals surface area contributed by atoms with Crippen molar-refractivity contribution >= 4 is 22.9 Å². The molecule has 18 heavy (non-hydrogen) atoms. The molecule has 4 heteroatoms. The Morgan fingerprint density at radius 1 is 1.33 bits per heavy atom. The Morgan fingerprint density at radius 2 is 2.11 bits per heavy atom. The van der Waals surface area contributed by atoms with Gasteiger partial charge >= 0.3 is 0 Å². The van der Waals surface area contributed by atoms with E-state index in [1.807, 2.05) is 43.5 Å². The van der Waals surface area contributed by atoms with Crippen molar-refractivity contribution in [3.05, 3.63) is 51.7 Å². The molecule has 3 nitrogen and oxygen atoms in total. The van der Waals surface area contributed by atoms with Crippen molar-refractivity contribution in [3.63, 3.8) is 0 Å². The largest absolute Gasteiger partial charge is 0.398 e. The van der Waals surface area contributed by atoms with Gasteiger partial charge in [-0.3, -0.25) is 4.79 Å². The summed E-state index contributed by atoms with van der Waals surface area (Å²) in [6.07, 6.45) is 0. The first kappa shape index (κ1) is 12.6. The van der Waals surface area contributed by atoms with Gasteiger partial charge in [0.2, 0.25) is 0 Å². The molecule has 0 fully saturated rings. The Bertz CT molecular complexity index is 529. The molecular weight excluding hydrogens is 244 g/mol. The molecule has 1 aromatic heterocycles. The van der Waals surface area contributed by atoms with Crippen LogP contribution < -0.4 is 11.1 Å². The number of amides is 1. The summed E-state index contributed by atoms with van der Waals surface area (Å²) in [5.74, 6) is -0.119. The molecule has 1 heterocycles. The first-order valence-electron chi connectivity index (χ1n) is 5.79. The highest BCUT2D eigenvalue weighted by Crippen LogP contribution is 2.21. The van der Waals surface area contributed by atoms with Gasteiger partial charge in [0, 0.05) is 10.6 Å². The van der Waals surface area contributed by atoms with Crippen LogP contribution in [-0.2, 0) is 0 Å². The Hall–Kier alpha value is -1.81. The number of hydrogen-bond donors (Lipinski definition) is 2. The van der Waals surface area contributed by atoms with Gasteiger partial charge in [0.1, 0.15) is 0 Å². The molecule has 0 aliphatic rings. The quantitative estimate of drug-likeness (QED) is 0.833. The lowest BCUT2D eigenvalue weighted by atomic mass is 10.1. The molecule has 0 spiro atoms. The van der Waals surface area contributed by atoms with Crippen molar-refractivity contribution in [2.24, 2.45) is 0 Å². The average molecular weight is 260 g/mol. The van der Waals surface area contributed by atoms with Crippen LogP contribution in [0.4, 0.5) is 5.69 Å². The van der Waals surface area contributed by atoms with Gasteiger partial charge in [-0.25, -0.2) is 0 Å². The van der Waals surface area contributed by atoms with Crippen molar-refractivity contribution < 1.29 is 4.79 Å². The van der Waals surface area contributed by atoms with Crippen LogP contribution in [0.15, 0.2) is 35.7 Å². The predicted octanol–water partition coefficient (Wildman–Crippen LogP) is 3.13. The summed E-state index contributed by atoms with van der Waals surface area (Å²) in [6.45, 7) is 3.86. The second kappa shape index (κ2) is 5.23. The number of rotatable bonds is 3. The summed E-state index contributed by atoms with van der Waals surface area (Å²) in [5, 5.41) is 4.97. The molecule has 1 atom stereocenters. The molecule has 0 radical (unpaired) electrons. The number of aryl methyl sites for hydroxylation is 1. The van der Waals surface area contributed by atoms with Crippen LogP contribution in [0.5, 0.6) is 0 Å². The Labute approximate surface area is 111 Å². The average Bonchev–Trinajstić information content (AvgIpc) is 2.81. The molecule has 3 N–H and O–H groups in total. The highest BCUT2D eigenvalue weighted by Gasteiger charge is 2.16. The molecule has 94 valence electrons. The fourth-order valence-corrected chi connectivity index (χ4v) is 2.61. The molecule has 0 saturated heterocycles. The minimum Gasteiger partial charge on any atom is -0.398 e. The van der Waals surface area contributed by atoms with Crippen LogP contribution in [0.1, 0.15) is 33.8 Å². The Morgan fingerprint density at radius 3 is 2.72 bits per heavy atom. The zero-order chi connectivity index (χ0) is 13.1. The molecule has 0 aliphatic carbocycles. The number of thiophene rings is 1. The zero-order valence-corrected chi connectivity index (χ0v) is 11.3. The molecule has 1 amide bonds. The summed E-state index contributed by atoms with van der Waals surface area (Å²) in [4.78, 5) is 13.3. The number of nitrogen functional groups attached to an aromatic ring is 1. The summed E-state index contributed by atoms with van der Waals surface area (Å²) in [6, 6.07) is 9.47. The van der Waals surface area contributed by atoms with E-state index in [-0.39, 0.29) is 11.9 Å². The summed E-state index contributed by atoms with van der Waals surface area (Å²) in [5.41, 5.74) is 7.84. The lowest BCUT2D eigenvalue weighted by Crippen LogP contribution is -2.27. The number of nitrogens with two attached hydrogens (primary N) is 1. The van der Waals surface area contributed by atoms with Crippen LogP contribution in [-0.4, -0.2) is 5.91 Å². The summed E-state index contributed by atoms with van der Waals surface area (Å²) in [7, 11) is 0. The van der Waals surface area contributed by atoms with Gasteiger partial charge in [0.25, 0.3) is 5.91 Å². The fourth-order valence-electron chi connectivity index (χ4n) is 1.88. The highest BCUT2D eigenvalue weighted by atomic mass is 32.1.